The van der Waals surface area contributed by atoms with Gasteiger partial charge in [0, 0.05) is 42.9 Å². The van der Waals surface area contributed by atoms with Gasteiger partial charge in [0.2, 0.25) is 0 Å². The van der Waals surface area contributed by atoms with E-state index in [1.807, 2.05) is 6.07 Å². The third-order valence-electron chi connectivity index (χ3n) is 4.63. The molecule has 146 valence electrons. The molecular weight excluding hydrogens is 363 g/mol. The van der Waals surface area contributed by atoms with Gasteiger partial charge in [0.05, 0.1) is 18.2 Å². The van der Waals surface area contributed by atoms with Crippen molar-refractivity contribution in [2.45, 2.75) is 31.9 Å². The van der Waals surface area contributed by atoms with Crippen LogP contribution in [0.4, 0.5) is 13.2 Å². The molecule has 4 rings (SSSR count). The van der Waals surface area contributed by atoms with Crippen molar-refractivity contribution in [1.82, 2.24) is 14.9 Å². The number of aliphatic carboxylic acids is 1. The molecule has 0 aromatic carbocycles. The van der Waals surface area contributed by atoms with Crippen LogP contribution in [0.15, 0.2) is 29.3 Å². The number of carboxylic acids is 1. The standard InChI is InChI=1S/C16H19N3O.C2HF3O2/c1-2-12(1)9-19-6-3-14-15(4-7-19)17-11-18-16(14)13-5-8-20-10-13;3-2(4,5)1(6)7/h5,8,10-12H,1-4,6-7,9H2;(H,6,7). The van der Waals surface area contributed by atoms with E-state index in [1.54, 1.807) is 18.9 Å². The molecule has 27 heavy (non-hydrogen) atoms. The molecule has 3 heterocycles. The zero-order valence-electron chi connectivity index (χ0n) is 14.6. The number of halogens is 3. The van der Waals surface area contributed by atoms with Gasteiger partial charge < -0.3 is 14.4 Å². The van der Waals surface area contributed by atoms with Crippen LogP contribution in [0.5, 0.6) is 0 Å². The molecule has 6 nitrogen and oxygen atoms in total. The van der Waals surface area contributed by atoms with Gasteiger partial charge in [-0.25, -0.2) is 14.8 Å². The molecule has 0 unspecified atom stereocenters. The number of carbonyl (C=O) groups is 1. The Morgan fingerprint density at radius 3 is 2.56 bits per heavy atom. The molecule has 0 bridgehead atoms. The minimum atomic E-state index is -5.08. The zero-order chi connectivity index (χ0) is 19.4. The first-order valence-corrected chi connectivity index (χ1v) is 8.72. The number of aromatic nitrogens is 2. The van der Waals surface area contributed by atoms with E-state index >= 15 is 0 Å². The normalized spacial score (nSPS) is 17.4. The second-order valence-corrected chi connectivity index (χ2v) is 6.71. The summed E-state index contributed by atoms with van der Waals surface area (Å²) in [5.41, 5.74) is 4.65. The highest BCUT2D eigenvalue weighted by atomic mass is 19.4. The van der Waals surface area contributed by atoms with Crippen molar-refractivity contribution in [3.63, 3.8) is 0 Å². The number of hydrogen-bond acceptors (Lipinski definition) is 5. The molecule has 1 N–H and O–H groups in total. The second-order valence-electron chi connectivity index (χ2n) is 6.71. The summed E-state index contributed by atoms with van der Waals surface area (Å²) >= 11 is 0. The van der Waals surface area contributed by atoms with Gasteiger partial charge in [0.1, 0.15) is 6.33 Å². The lowest BCUT2D eigenvalue weighted by atomic mass is 10.0. The maximum absolute atomic E-state index is 10.6. The average molecular weight is 383 g/mol. The highest BCUT2D eigenvalue weighted by Crippen LogP contribution is 2.31. The van der Waals surface area contributed by atoms with E-state index in [0.717, 1.165) is 43.1 Å². The van der Waals surface area contributed by atoms with E-state index in [4.69, 9.17) is 14.3 Å². The Kier molecular flexibility index (Phi) is 5.79. The molecule has 1 saturated carbocycles. The largest absolute Gasteiger partial charge is 0.490 e. The maximum Gasteiger partial charge on any atom is 0.490 e. The number of hydrogen-bond donors (Lipinski definition) is 1. The summed E-state index contributed by atoms with van der Waals surface area (Å²) in [5, 5.41) is 7.12. The van der Waals surface area contributed by atoms with Crippen LogP contribution in [0.25, 0.3) is 11.3 Å². The molecule has 2 aliphatic rings. The lowest BCUT2D eigenvalue weighted by Crippen LogP contribution is -2.28. The number of rotatable bonds is 3. The summed E-state index contributed by atoms with van der Waals surface area (Å²) in [6.07, 6.45) is 5.01. The summed E-state index contributed by atoms with van der Waals surface area (Å²) in [6, 6.07) is 1.98. The van der Waals surface area contributed by atoms with Crippen molar-refractivity contribution < 1.29 is 27.5 Å². The molecular formula is C18H20F3N3O3. The predicted molar refractivity (Wildman–Crippen MR) is 90.0 cm³/mol. The fourth-order valence-corrected chi connectivity index (χ4v) is 3.07. The van der Waals surface area contributed by atoms with Gasteiger partial charge in [-0.3, -0.25) is 0 Å². The van der Waals surface area contributed by atoms with Crippen LogP contribution in [0.2, 0.25) is 0 Å². The van der Waals surface area contributed by atoms with Gasteiger partial charge in [-0.1, -0.05) is 0 Å². The third-order valence-corrected chi connectivity index (χ3v) is 4.63. The molecule has 0 amide bonds. The molecule has 2 aromatic rings. The zero-order valence-corrected chi connectivity index (χ0v) is 14.6. The predicted octanol–water partition coefficient (Wildman–Crippen LogP) is 3.18. The van der Waals surface area contributed by atoms with Crippen molar-refractivity contribution >= 4 is 5.97 Å². The highest BCUT2D eigenvalue weighted by molar-refractivity contribution is 5.73. The minimum Gasteiger partial charge on any atom is -0.475 e. The molecule has 0 spiro atoms. The van der Waals surface area contributed by atoms with E-state index in [1.165, 1.54) is 30.6 Å². The van der Waals surface area contributed by atoms with Crippen LogP contribution in [0, 0.1) is 5.92 Å². The van der Waals surface area contributed by atoms with Gasteiger partial charge >= 0.3 is 12.1 Å². The molecule has 1 fully saturated rings. The van der Waals surface area contributed by atoms with Gasteiger partial charge in [-0.15, -0.1) is 0 Å². The van der Waals surface area contributed by atoms with Crippen molar-refractivity contribution in [3.8, 4) is 11.3 Å². The van der Waals surface area contributed by atoms with Crippen molar-refractivity contribution in [2.75, 3.05) is 19.6 Å². The van der Waals surface area contributed by atoms with Crippen molar-refractivity contribution in [3.05, 3.63) is 36.2 Å². The van der Waals surface area contributed by atoms with Crippen LogP contribution in [0.3, 0.4) is 0 Å². The Labute approximate surface area is 154 Å². The molecule has 1 aliphatic heterocycles. The Hall–Kier alpha value is -2.42. The number of alkyl halides is 3. The Balaban J connectivity index is 0.000000260. The van der Waals surface area contributed by atoms with E-state index in [9.17, 15) is 13.2 Å². The molecule has 2 aromatic heterocycles. The molecule has 0 saturated heterocycles. The Morgan fingerprint density at radius 2 is 1.96 bits per heavy atom. The molecule has 9 heteroatoms. The van der Waals surface area contributed by atoms with Gasteiger partial charge in [-0.05, 0) is 31.2 Å². The number of carboxylic acid groups (broad SMARTS) is 1. The van der Waals surface area contributed by atoms with Gasteiger partial charge in [0.15, 0.2) is 0 Å². The number of furan rings is 1. The van der Waals surface area contributed by atoms with Crippen molar-refractivity contribution in [1.29, 1.82) is 0 Å². The van der Waals surface area contributed by atoms with Crippen LogP contribution in [0.1, 0.15) is 24.1 Å². The maximum atomic E-state index is 10.6. The highest BCUT2D eigenvalue weighted by Gasteiger charge is 2.38. The summed E-state index contributed by atoms with van der Waals surface area (Å²) in [4.78, 5) is 20.5. The average Bonchev–Trinajstić information content (AvgIpc) is 3.32. The van der Waals surface area contributed by atoms with Crippen molar-refractivity contribution in [2.24, 2.45) is 5.92 Å². The van der Waals surface area contributed by atoms with E-state index in [0.29, 0.717) is 0 Å². The fraction of sp³-hybridized carbons (Fsp3) is 0.500. The Bertz CT molecular complexity index is 774. The first kappa shape index (κ1) is 19.3. The third kappa shape index (κ3) is 5.29. The Morgan fingerprint density at radius 1 is 1.26 bits per heavy atom. The van der Waals surface area contributed by atoms with E-state index < -0.39 is 12.1 Å². The van der Waals surface area contributed by atoms with Crippen LogP contribution >= 0.6 is 0 Å². The molecule has 0 radical (unpaired) electrons. The second kappa shape index (κ2) is 8.08. The lowest BCUT2D eigenvalue weighted by Gasteiger charge is -2.18. The SMILES string of the molecule is O=C(O)C(F)(F)F.c1nc2c(c(-c3ccoc3)n1)CCN(CC1CC1)CC2. The molecule has 1 aliphatic carbocycles. The minimum absolute atomic E-state index is 0.954. The van der Waals surface area contributed by atoms with Gasteiger partial charge in [-0.2, -0.15) is 13.2 Å². The smallest absolute Gasteiger partial charge is 0.475 e. The lowest BCUT2D eigenvalue weighted by molar-refractivity contribution is -0.192. The van der Waals surface area contributed by atoms with E-state index in [-0.39, 0.29) is 0 Å². The van der Waals surface area contributed by atoms with Crippen LogP contribution in [-0.2, 0) is 17.6 Å². The first-order valence-electron chi connectivity index (χ1n) is 8.72. The quantitative estimate of drug-likeness (QED) is 0.877. The monoisotopic (exact) mass is 383 g/mol. The first-order chi connectivity index (χ1) is 12.8. The summed E-state index contributed by atoms with van der Waals surface area (Å²) in [5.74, 6) is -1.80. The van der Waals surface area contributed by atoms with E-state index in [2.05, 4.69) is 14.9 Å². The fourth-order valence-electron chi connectivity index (χ4n) is 3.07. The van der Waals surface area contributed by atoms with Crippen LogP contribution in [-0.4, -0.2) is 51.8 Å². The van der Waals surface area contributed by atoms with Crippen LogP contribution < -0.4 is 0 Å². The molecule has 0 atom stereocenters. The number of nitrogens with zero attached hydrogens (tertiary/aromatic N) is 3. The summed E-state index contributed by atoms with van der Waals surface area (Å²) in [7, 11) is 0. The number of fused-ring (bicyclic) bond motifs is 1. The topological polar surface area (TPSA) is 79.5 Å². The van der Waals surface area contributed by atoms with Gasteiger partial charge in [0.25, 0.3) is 0 Å². The summed E-state index contributed by atoms with van der Waals surface area (Å²) in [6.45, 7) is 3.52. The summed E-state index contributed by atoms with van der Waals surface area (Å²) < 4.78 is 36.9.